The van der Waals surface area contributed by atoms with Crippen LogP contribution < -0.4 is 10.5 Å². The molecule has 2 aromatic carbocycles. The Morgan fingerprint density at radius 3 is 2.42 bits per heavy atom. The first-order chi connectivity index (χ1) is 15.8. The van der Waals surface area contributed by atoms with E-state index in [1.165, 1.54) is 58.4 Å². The van der Waals surface area contributed by atoms with Crippen LogP contribution in [0.3, 0.4) is 0 Å². The molecule has 33 heavy (non-hydrogen) atoms. The Labute approximate surface area is 189 Å². The summed E-state index contributed by atoms with van der Waals surface area (Å²) in [4.78, 5) is 36.0. The molecule has 1 aliphatic rings. The summed E-state index contributed by atoms with van der Waals surface area (Å²) in [6.45, 7) is 0.931. The van der Waals surface area contributed by atoms with Gasteiger partial charge in [0, 0.05) is 25.7 Å². The van der Waals surface area contributed by atoms with Crippen LogP contribution in [-0.2, 0) is 26.1 Å². The predicted molar refractivity (Wildman–Crippen MR) is 117 cm³/mol. The second kappa shape index (κ2) is 9.20. The maximum Gasteiger partial charge on any atom is 0.419 e. The largest absolute Gasteiger partial charge is 0.465 e. The van der Waals surface area contributed by atoms with Gasteiger partial charge in [-0.1, -0.05) is 0 Å². The number of aryl methyl sites for hydroxylation is 1. The summed E-state index contributed by atoms with van der Waals surface area (Å²) in [5, 5.41) is 0. The number of benzene rings is 2. The fourth-order valence-electron chi connectivity index (χ4n) is 3.66. The molecule has 10 nitrogen and oxygen atoms in total. The normalized spacial score (nSPS) is 14.5. The van der Waals surface area contributed by atoms with Crippen molar-refractivity contribution in [3.05, 3.63) is 58.6 Å². The first-order valence-corrected chi connectivity index (χ1v) is 11.8. The first-order valence-electron chi connectivity index (χ1n) is 10.3. The lowest BCUT2D eigenvalue weighted by molar-refractivity contribution is -0.134. The Morgan fingerprint density at radius 1 is 1.06 bits per heavy atom. The van der Waals surface area contributed by atoms with Crippen molar-refractivity contribution in [3.63, 3.8) is 0 Å². The maximum absolute atomic E-state index is 12.7. The molecule has 2 heterocycles. The molecule has 0 bridgehead atoms. The summed E-state index contributed by atoms with van der Waals surface area (Å²) >= 11 is 0. The van der Waals surface area contributed by atoms with Gasteiger partial charge in [0.2, 0.25) is 10.0 Å². The Bertz CT molecular complexity index is 1350. The molecule has 0 saturated carbocycles. The summed E-state index contributed by atoms with van der Waals surface area (Å²) in [6.07, 6.45) is 1.51. The number of ether oxygens (including phenoxy) is 2. The van der Waals surface area contributed by atoms with Crippen LogP contribution in [-0.4, -0.2) is 49.4 Å². The SMILES string of the molecule is COC(=O)c1ccc(OC(=O)CCn2c(=O)oc3cc(S(=O)(=O)N4CCCC4)ccc32)cc1. The molecule has 1 fully saturated rings. The highest BCUT2D eigenvalue weighted by atomic mass is 32.2. The molecular weight excluding hydrogens is 452 g/mol. The lowest BCUT2D eigenvalue weighted by Gasteiger charge is -2.15. The molecule has 4 rings (SSSR count). The van der Waals surface area contributed by atoms with Crippen LogP contribution >= 0.6 is 0 Å². The van der Waals surface area contributed by atoms with Gasteiger partial charge in [-0.25, -0.2) is 18.0 Å². The zero-order valence-corrected chi connectivity index (χ0v) is 18.7. The van der Waals surface area contributed by atoms with E-state index in [1.54, 1.807) is 0 Å². The first kappa shape index (κ1) is 22.7. The molecule has 0 spiro atoms. The van der Waals surface area contributed by atoms with Gasteiger partial charge >= 0.3 is 17.7 Å². The number of hydrogen-bond acceptors (Lipinski definition) is 8. The van der Waals surface area contributed by atoms with Crippen molar-refractivity contribution in [2.24, 2.45) is 0 Å². The van der Waals surface area contributed by atoms with Gasteiger partial charge in [-0.3, -0.25) is 9.36 Å². The van der Waals surface area contributed by atoms with Gasteiger partial charge in [-0.2, -0.15) is 4.31 Å². The number of carbonyl (C=O) groups is 2. The number of esters is 2. The van der Waals surface area contributed by atoms with E-state index in [9.17, 15) is 22.8 Å². The third-order valence-electron chi connectivity index (χ3n) is 5.39. The van der Waals surface area contributed by atoms with Crippen molar-refractivity contribution in [1.82, 2.24) is 8.87 Å². The standard InChI is InChI=1S/C22H22N2O8S/c1-30-21(26)15-4-6-16(7-5-15)31-20(25)10-13-24-18-9-8-17(14-19(18)32-22(24)27)33(28,29)23-11-2-3-12-23/h4-9,14H,2-3,10-13H2,1H3. The molecule has 0 radical (unpaired) electrons. The molecule has 1 aromatic heterocycles. The summed E-state index contributed by atoms with van der Waals surface area (Å²) < 4.78 is 43.2. The molecule has 0 aliphatic carbocycles. The minimum absolute atomic E-state index is 0.0108. The fraction of sp³-hybridized carbons (Fsp3) is 0.318. The highest BCUT2D eigenvalue weighted by Crippen LogP contribution is 2.24. The number of methoxy groups -OCH3 is 1. The average molecular weight is 474 g/mol. The van der Waals surface area contributed by atoms with Gasteiger partial charge in [0.05, 0.1) is 29.5 Å². The molecule has 1 saturated heterocycles. The maximum atomic E-state index is 12.7. The smallest absolute Gasteiger partial charge is 0.419 e. The fourth-order valence-corrected chi connectivity index (χ4v) is 5.19. The lowest BCUT2D eigenvalue weighted by Crippen LogP contribution is -2.27. The Morgan fingerprint density at radius 2 is 1.76 bits per heavy atom. The zero-order valence-electron chi connectivity index (χ0n) is 17.9. The van der Waals surface area contributed by atoms with Crippen molar-refractivity contribution >= 4 is 33.1 Å². The Kier molecular flexibility index (Phi) is 6.34. The molecule has 174 valence electrons. The number of hydrogen-bond donors (Lipinski definition) is 0. The number of fused-ring (bicyclic) bond motifs is 1. The Balaban J connectivity index is 1.45. The van der Waals surface area contributed by atoms with Gasteiger partial charge in [0.25, 0.3) is 0 Å². The van der Waals surface area contributed by atoms with Crippen LogP contribution in [0.2, 0.25) is 0 Å². The van der Waals surface area contributed by atoms with Crippen LogP contribution in [0.25, 0.3) is 11.1 Å². The van der Waals surface area contributed by atoms with Crippen molar-refractivity contribution in [2.75, 3.05) is 20.2 Å². The third kappa shape index (κ3) is 4.69. The summed E-state index contributed by atoms with van der Waals surface area (Å²) in [7, 11) is -2.38. The highest BCUT2D eigenvalue weighted by molar-refractivity contribution is 7.89. The zero-order chi connectivity index (χ0) is 23.6. The monoisotopic (exact) mass is 474 g/mol. The van der Waals surface area contributed by atoms with Crippen LogP contribution in [0.1, 0.15) is 29.6 Å². The number of nitrogens with zero attached hydrogens (tertiary/aromatic N) is 2. The van der Waals surface area contributed by atoms with Gasteiger partial charge in [0.15, 0.2) is 5.58 Å². The quantitative estimate of drug-likeness (QED) is 0.377. The summed E-state index contributed by atoms with van der Waals surface area (Å²) in [5.41, 5.74) is 0.836. The predicted octanol–water partition coefficient (Wildman–Crippen LogP) is 2.16. The third-order valence-corrected chi connectivity index (χ3v) is 7.28. The highest BCUT2D eigenvalue weighted by Gasteiger charge is 2.28. The van der Waals surface area contributed by atoms with E-state index in [0.29, 0.717) is 24.2 Å². The van der Waals surface area contributed by atoms with Crippen molar-refractivity contribution in [2.45, 2.75) is 30.7 Å². The van der Waals surface area contributed by atoms with Gasteiger partial charge < -0.3 is 13.9 Å². The van der Waals surface area contributed by atoms with E-state index in [1.807, 2.05) is 0 Å². The van der Waals surface area contributed by atoms with Crippen LogP contribution in [0.4, 0.5) is 0 Å². The average Bonchev–Trinajstić information content (AvgIpc) is 3.45. The van der Waals surface area contributed by atoms with E-state index >= 15 is 0 Å². The van der Waals surface area contributed by atoms with E-state index in [4.69, 9.17) is 9.15 Å². The molecule has 0 amide bonds. The number of aromatic nitrogens is 1. The summed E-state index contributed by atoms with van der Waals surface area (Å²) in [5.74, 6) is -1.55. The van der Waals surface area contributed by atoms with E-state index in [2.05, 4.69) is 4.74 Å². The van der Waals surface area contributed by atoms with E-state index < -0.39 is 27.7 Å². The Hall–Kier alpha value is -3.44. The minimum Gasteiger partial charge on any atom is -0.465 e. The van der Waals surface area contributed by atoms with Crippen molar-refractivity contribution in [1.29, 1.82) is 0 Å². The summed E-state index contributed by atoms with van der Waals surface area (Å²) in [6, 6.07) is 10.1. The number of carbonyl (C=O) groups excluding carboxylic acids is 2. The second-order valence-electron chi connectivity index (χ2n) is 7.50. The van der Waals surface area contributed by atoms with Gasteiger partial charge in [0.1, 0.15) is 5.75 Å². The topological polar surface area (TPSA) is 125 Å². The van der Waals surface area contributed by atoms with Crippen molar-refractivity contribution in [3.8, 4) is 5.75 Å². The minimum atomic E-state index is -3.65. The van der Waals surface area contributed by atoms with Crippen molar-refractivity contribution < 1.29 is 31.9 Å². The van der Waals surface area contributed by atoms with Gasteiger partial charge in [-0.15, -0.1) is 0 Å². The van der Waals surface area contributed by atoms with E-state index in [-0.39, 0.29) is 29.2 Å². The lowest BCUT2D eigenvalue weighted by atomic mass is 10.2. The molecule has 0 unspecified atom stereocenters. The van der Waals surface area contributed by atoms with Crippen LogP contribution in [0.15, 0.2) is 56.6 Å². The second-order valence-corrected chi connectivity index (χ2v) is 9.44. The van der Waals surface area contributed by atoms with Crippen LogP contribution in [0.5, 0.6) is 5.75 Å². The molecule has 0 N–H and O–H groups in total. The number of oxazole rings is 1. The molecular formula is C22H22N2O8S. The number of rotatable bonds is 7. The molecule has 11 heteroatoms. The molecule has 3 aromatic rings. The number of sulfonamides is 1. The molecule has 0 atom stereocenters. The molecule has 1 aliphatic heterocycles. The van der Waals surface area contributed by atoms with Gasteiger partial charge in [-0.05, 0) is 49.2 Å². The van der Waals surface area contributed by atoms with E-state index in [0.717, 1.165) is 12.8 Å². The van der Waals surface area contributed by atoms with Crippen LogP contribution in [0, 0.1) is 0 Å².